The summed E-state index contributed by atoms with van der Waals surface area (Å²) < 4.78 is 26.7. The van der Waals surface area contributed by atoms with Gasteiger partial charge in [-0.25, -0.2) is 8.42 Å². The molecule has 20 heavy (non-hydrogen) atoms. The van der Waals surface area contributed by atoms with Gasteiger partial charge >= 0.3 is 0 Å². The molecule has 2 N–H and O–H groups in total. The van der Waals surface area contributed by atoms with Crippen molar-refractivity contribution in [2.75, 3.05) is 25.0 Å². The van der Waals surface area contributed by atoms with Crippen LogP contribution in [0.25, 0.3) is 0 Å². The molecule has 5 nitrogen and oxygen atoms in total. The molecule has 1 atom stereocenters. The molecule has 1 aliphatic heterocycles. The van der Waals surface area contributed by atoms with Gasteiger partial charge in [-0.2, -0.15) is 4.31 Å². The van der Waals surface area contributed by atoms with Crippen molar-refractivity contribution in [1.29, 1.82) is 0 Å². The van der Waals surface area contributed by atoms with Gasteiger partial charge in [-0.1, -0.05) is 0 Å². The van der Waals surface area contributed by atoms with Gasteiger partial charge in [0, 0.05) is 25.3 Å². The first-order valence-corrected chi connectivity index (χ1v) is 8.33. The second-order valence-electron chi connectivity index (χ2n) is 5.28. The number of rotatable bonds is 4. The Hall–Kier alpha value is -1.11. The summed E-state index contributed by atoms with van der Waals surface area (Å²) in [5.74, 6) is 0. The van der Waals surface area contributed by atoms with Crippen LogP contribution in [0, 0.1) is 13.8 Å². The maximum absolute atomic E-state index is 12.7. The van der Waals surface area contributed by atoms with Crippen LogP contribution in [0.3, 0.4) is 0 Å². The Morgan fingerprint density at radius 2 is 1.95 bits per heavy atom. The smallest absolute Gasteiger partial charge is 0.243 e. The van der Waals surface area contributed by atoms with E-state index in [1.54, 1.807) is 0 Å². The number of anilines is 1. The van der Waals surface area contributed by atoms with Gasteiger partial charge in [0.1, 0.15) is 0 Å². The normalized spacial score (nSPS) is 20.3. The quantitative estimate of drug-likeness (QED) is 0.883. The van der Waals surface area contributed by atoms with Crippen LogP contribution in [-0.2, 0) is 10.0 Å². The average molecular weight is 298 g/mol. The van der Waals surface area contributed by atoms with Gasteiger partial charge in [-0.05, 0) is 50.5 Å². The summed E-state index contributed by atoms with van der Waals surface area (Å²) in [6, 6.07) is 3.71. The Labute approximate surface area is 120 Å². The van der Waals surface area contributed by atoms with Crippen molar-refractivity contribution in [3.8, 4) is 0 Å². The van der Waals surface area contributed by atoms with Gasteiger partial charge in [0.2, 0.25) is 10.0 Å². The number of nitrogens with one attached hydrogen (secondary N) is 1. The highest BCUT2D eigenvalue weighted by molar-refractivity contribution is 7.89. The first-order valence-electron chi connectivity index (χ1n) is 6.89. The first kappa shape index (κ1) is 15.3. The number of aliphatic hydroxyl groups excluding tert-OH is 1. The van der Waals surface area contributed by atoms with Crippen molar-refractivity contribution < 1.29 is 13.5 Å². The Morgan fingerprint density at radius 3 is 2.40 bits per heavy atom. The van der Waals surface area contributed by atoms with Crippen molar-refractivity contribution in [2.45, 2.75) is 38.2 Å². The van der Waals surface area contributed by atoms with Crippen molar-refractivity contribution in [2.24, 2.45) is 0 Å². The van der Waals surface area contributed by atoms with E-state index in [0.29, 0.717) is 17.9 Å². The van der Waals surface area contributed by atoms with E-state index in [2.05, 4.69) is 5.32 Å². The second-order valence-corrected chi connectivity index (χ2v) is 7.15. The summed E-state index contributed by atoms with van der Waals surface area (Å²) in [6.07, 6.45) is -0.0429. The predicted octanol–water partition coefficient (Wildman–Crippen LogP) is 1.49. The van der Waals surface area contributed by atoms with Crippen molar-refractivity contribution in [3.63, 3.8) is 0 Å². The van der Waals surface area contributed by atoms with Crippen LogP contribution in [0.15, 0.2) is 17.0 Å². The number of aliphatic hydroxyl groups is 1. The molecule has 0 saturated carbocycles. The zero-order chi connectivity index (χ0) is 14.9. The molecule has 1 heterocycles. The molecule has 0 aliphatic carbocycles. The van der Waals surface area contributed by atoms with E-state index in [-0.39, 0.29) is 6.54 Å². The third kappa shape index (κ3) is 2.82. The molecule has 0 radical (unpaired) electrons. The van der Waals surface area contributed by atoms with Crippen LogP contribution >= 0.6 is 0 Å². The molecule has 0 amide bonds. The van der Waals surface area contributed by atoms with Gasteiger partial charge in [0.05, 0.1) is 11.0 Å². The summed E-state index contributed by atoms with van der Waals surface area (Å²) in [5, 5.41) is 12.7. The van der Waals surface area contributed by atoms with Crippen LogP contribution in [0.2, 0.25) is 0 Å². The molecule has 1 aliphatic rings. The number of hydrogen-bond donors (Lipinski definition) is 2. The first-order chi connectivity index (χ1) is 9.36. The standard InChI is InChI=1S/C14H22N2O3S/c1-4-15-12-7-10(2)14(11(3)8-12)20(18,19)16-6-5-13(17)9-16/h7-8,13,15,17H,4-6,9H2,1-3H3. The molecule has 0 aromatic heterocycles. The van der Waals surface area contributed by atoms with E-state index < -0.39 is 16.1 Å². The topological polar surface area (TPSA) is 69.6 Å². The zero-order valence-corrected chi connectivity index (χ0v) is 13.0. The average Bonchev–Trinajstić information content (AvgIpc) is 2.75. The SMILES string of the molecule is CCNc1cc(C)c(S(=O)(=O)N2CCC(O)C2)c(C)c1. The molecule has 112 valence electrons. The number of nitrogens with zero attached hydrogens (tertiary/aromatic N) is 1. The minimum Gasteiger partial charge on any atom is -0.392 e. The van der Waals surface area contributed by atoms with Crippen LogP contribution in [0.1, 0.15) is 24.5 Å². The lowest BCUT2D eigenvalue weighted by molar-refractivity contribution is 0.189. The van der Waals surface area contributed by atoms with E-state index in [9.17, 15) is 13.5 Å². The molecule has 1 aromatic carbocycles. The van der Waals surface area contributed by atoms with Crippen molar-refractivity contribution in [1.82, 2.24) is 4.31 Å². The highest BCUT2D eigenvalue weighted by Crippen LogP contribution is 2.29. The second kappa shape index (κ2) is 5.71. The van der Waals surface area contributed by atoms with Gasteiger partial charge in [-0.15, -0.1) is 0 Å². The van der Waals surface area contributed by atoms with Gasteiger partial charge < -0.3 is 10.4 Å². The minimum absolute atomic E-state index is 0.191. The Morgan fingerprint density at radius 1 is 1.35 bits per heavy atom. The molecule has 1 fully saturated rings. The van der Waals surface area contributed by atoms with E-state index in [0.717, 1.165) is 23.4 Å². The highest BCUT2D eigenvalue weighted by Gasteiger charge is 2.33. The van der Waals surface area contributed by atoms with Crippen molar-refractivity contribution >= 4 is 15.7 Å². The summed E-state index contributed by atoms with van der Waals surface area (Å²) in [5.41, 5.74) is 2.41. The monoisotopic (exact) mass is 298 g/mol. The van der Waals surface area contributed by atoms with Gasteiger partial charge in [0.25, 0.3) is 0 Å². The molecule has 1 saturated heterocycles. The Kier molecular flexibility index (Phi) is 4.36. The van der Waals surface area contributed by atoms with E-state index in [1.165, 1.54) is 4.31 Å². The molecule has 1 unspecified atom stereocenters. The maximum Gasteiger partial charge on any atom is 0.243 e. The number of aryl methyl sites for hydroxylation is 2. The van der Waals surface area contributed by atoms with Crippen LogP contribution < -0.4 is 5.32 Å². The van der Waals surface area contributed by atoms with E-state index >= 15 is 0 Å². The molecule has 2 rings (SSSR count). The zero-order valence-electron chi connectivity index (χ0n) is 12.2. The van der Waals surface area contributed by atoms with Crippen LogP contribution in [0.4, 0.5) is 5.69 Å². The fourth-order valence-electron chi connectivity index (χ4n) is 2.72. The van der Waals surface area contributed by atoms with E-state index in [4.69, 9.17) is 0 Å². The lowest BCUT2D eigenvalue weighted by atomic mass is 10.1. The summed E-state index contributed by atoms with van der Waals surface area (Å²) >= 11 is 0. The third-order valence-electron chi connectivity index (χ3n) is 3.57. The lowest BCUT2D eigenvalue weighted by Crippen LogP contribution is -2.30. The highest BCUT2D eigenvalue weighted by atomic mass is 32.2. The molecular formula is C14H22N2O3S. The molecular weight excluding hydrogens is 276 g/mol. The number of β-amino-alcohol motifs (C(OH)–C–C–N with tert-alkyl or cyclic N) is 1. The summed E-state index contributed by atoms with van der Waals surface area (Å²) in [4.78, 5) is 0.369. The third-order valence-corrected chi connectivity index (χ3v) is 5.74. The molecule has 0 spiro atoms. The lowest BCUT2D eigenvalue weighted by Gasteiger charge is -2.20. The fraction of sp³-hybridized carbons (Fsp3) is 0.571. The van der Waals surface area contributed by atoms with Crippen LogP contribution in [0.5, 0.6) is 0 Å². The van der Waals surface area contributed by atoms with Gasteiger partial charge in [0.15, 0.2) is 0 Å². The molecule has 6 heteroatoms. The minimum atomic E-state index is -3.52. The Balaban J connectivity index is 2.42. The van der Waals surface area contributed by atoms with Crippen molar-refractivity contribution in [3.05, 3.63) is 23.3 Å². The fourth-order valence-corrected chi connectivity index (χ4v) is 4.63. The number of sulfonamides is 1. The van der Waals surface area contributed by atoms with Crippen LogP contribution in [-0.4, -0.2) is 43.6 Å². The predicted molar refractivity (Wildman–Crippen MR) is 79.5 cm³/mol. The summed E-state index contributed by atoms with van der Waals surface area (Å²) in [7, 11) is -3.52. The van der Waals surface area contributed by atoms with Gasteiger partial charge in [-0.3, -0.25) is 0 Å². The largest absolute Gasteiger partial charge is 0.392 e. The molecule has 1 aromatic rings. The maximum atomic E-state index is 12.7. The number of hydrogen-bond acceptors (Lipinski definition) is 4. The Bertz CT molecular complexity index is 575. The summed E-state index contributed by atoms with van der Waals surface area (Å²) in [6.45, 7) is 7.00. The molecule has 0 bridgehead atoms. The van der Waals surface area contributed by atoms with E-state index in [1.807, 2.05) is 32.9 Å². The number of benzene rings is 1.